The van der Waals surface area contributed by atoms with E-state index in [1.165, 1.54) is 70.6 Å². The van der Waals surface area contributed by atoms with Gasteiger partial charge < -0.3 is 5.73 Å². The molecule has 0 amide bonds. The second-order valence-corrected chi connectivity index (χ2v) is 5.25. The van der Waals surface area contributed by atoms with E-state index in [0.29, 0.717) is 6.04 Å². The first-order chi connectivity index (χ1) is 7.83. The summed E-state index contributed by atoms with van der Waals surface area (Å²) >= 11 is 0. The van der Waals surface area contributed by atoms with E-state index in [0.717, 1.165) is 0 Å². The van der Waals surface area contributed by atoms with Crippen molar-refractivity contribution in [2.45, 2.75) is 83.6 Å². The number of unbranched alkanes of at least 4 members (excludes halogenated alkanes) is 5. The number of rotatable bonds is 7. The van der Waals surface area contributed by atoms with Gasteiger partial charge in [0, 0.05) is 6.04 Å². The van der Waals surface area contributed by atoms with E-state index in [4.69, 9.17) is 5.73 Å². The zero-order chi connectivity index (χ0) is 11.6. The van der Waals surface area contributed by atoms with Crippen LogP contribution in [0.3, 0.4) is 0 Å². The van der Waals surface area contributed by atoms with Crippen LogP contribution in [-0.4, -0.2) is 6.04 Å². The lowest BCUT2D eigenvalue weighted by Gasteiger charge is -2.06. The number of allylic oxidation sites excluding steroid dienone is 1. The predicted octanol–water partition coefficient (Wildman–Crippen LogP) is 4.56. The Morgan fingerprint density at radius 3 is 2.69 bits per heavy atom. The minimum absolute atomic E-state index is 0.345. The Morgan fingerprint density at radius 2 is 1.88 bits per heavy atom. The lowest BCUT2D eigenvalue weighted by molar-refractivity contribution is 0.599. The Hall–Kier alpha value is -0.300. The van der Waals surface area contributed by atoms with E-state index in [1.54, 1.807) is 5.57 Å². The molecule has 0 heterocycles. The van der Waals surface area contributed by atoms with Gasteiger partial charge in [-0.05, 0) is 32.1 Å². The summed E-state index contributed by atoms with van der Waals surface area (Å²) in [5.74, 6) is 0. The fraction of sp³-hybridized carbons (Fsp3) is 0.867. The first-order valence-electron chi connectivity index (χ1n) is 7.28. The Bertz CT molecular complexity index is 196. The molecule has 16 heavy (non-hydrogen) atoms. The molecule has 0 aromatic rings. The molecule has 0 bridgehead atoms. The van der Waals surface area contributed by atoms with Gasteiger partial charge in [0.05, 0.1) is 0 Å². The molecule has 0 aromatic heterocycles. The largest absolute Gasteiger partial charge is 0.324 e. The Kier molecular flexibility index (Phi) is 7.58. The van der Waals surface area contributed by atoms with Gasteiger partial charge in [0.15, 0.2) is 0 Å². The summed E-state index contributed by atoms with van der Waals surface area (Å²) in [6.45, 7) is 2.28. The Morgan fingerprint density at radius 1 is 1.12 bits per heavy atom. The first-order valence-corrected chi connectivity index (χ1v) is 7.28. The molecular formula is C15H29N. The van der Waals surface area contributed by atoms with E-state index in [9.17, 15) is 0 Å². The van der Waals surface area contributed by atoms with Crippen LogP contribution in [-0.2, 0) is 0 Å². The average molecular weight is 223 g/mol. The van der Waals surface area contributed by atoms with Gasteiger partial charge in [0.25, 0.3) is 0 Å². The van der Waals surface area contributed by atoms with Crippen LogP contribution in [0.5, 0.6) is 0 Å². The molecule has 1 aliphatic rings. The van der Waals surface area contributed by atoms with Gasteiger partial charge in [-0.3, -0.25) is 0 Å². The van der Waals surface area contributed by atoms with Crippen molar-refractivity contribution in [3.63, 3.8) is 0 Å². The maximum Gasteiger partial charge on any atom is 0.0226 e. The highest BCUT2D eigenvalue weighted by Gasteiger charge is 2.07. The molecule has 1 unspecified atom stereocenters. The predicted molar refractivity (Wildman–Crippen MR) is 72.5 cm³/mol. The van der Waals surface area contributed by atoms with Crippen LogP contribution in [0.2, 0.25) is 0 Å². The van der Waals surface area contributed by atoms with Crippen molar-refractivity contribution < 1.29 is 0 Å². The second-order valence-electron chi connectivity index (χ2n) is 5.25. The maximum absolute atomic E-state index is 6.02. The molecule has 1 heteroatoms. The summed E-state index contributed by atoms with van der Waals surface area (Å²) in [6.07, 6.45) is 17.2. The molecule has 0 aliphatic heterocycles. The maximum atomic E-state index is 6.02. The van der Waals surface area contributed by atoms with Crippen molar-refractivity contribution in [3.05, 3.63) is 11.6 Å². The zero-order valence-corrected chi connectivity index (χ0v) is 11.0. The molecular weight excluding hydrogens is 194 g/mol. The van der Waals surface area contributed by atoms with Gasteiger partial charge in [-0.1, -0.05) is 57.1 Å². The highest BCUT2D eigenvalue weighted by atomic mass is 14.6. The molecule has 1 nitrogen and oxygen atoms in total. The first kappa shape index (κ1) is 13.8. The third kappa shape index (κ3) is 6.32. The third-order valence-corrected chi connectivity index (χ3v) is 3.59. The molecule has 94 valence electrons. The number of hydrogen-bond acceptors (Lipinski definition) is 1. The number of hydrogen-bond donors (Lipinski definition) is 1. The lowest BCUT2D eigenvalue weighted by atomic mass is 10.0. The van der Waals surface area contributed by atoms with Crippen LogP contribution in [0, 0.1) is 0 Å². The Labute approximate surface area is 101 Å². The SMILES string of the molecule is CCCCCCCCC1=CC(N)CCCC1. The Balaban J connectivity index is 2.06. The van der Waals surface area contributed by atoms with Crippen molar-refractivity contribution in [1.82, 2.24) is 0 Å². The van der Waals surface area contributed by atoms with E-state index in [1.807, 2.05) is 0 Å². The van der Waals surface area contributed by atoms with E-state index in [2.05, 4.69) is 13.0 Å². The molecule has 0 aromatic carbocycles. The van der Waals surface area contributed by atoms with Crippen LogP contribution >= 0.6 is 0 Å². The van der Waals surface area contributed by atoms with Crippen LogP contribution in [0.15, 0.2) is 11.6 Å². The van der Waals surface area contributed by atoms with Crippen molar-refractivity contribution in [1.29, 1.82) is 0 Å². The summed E-state index contributed by atoms with van der Waals surface area (Å²) in [5, 5.41) is 0. The molecule has 1 aliphatic carbocycles. The van der Waals surface area contributed by atoms with Crippen LogP contribution in [0.25, 0.3) is 0 Å². The summed E-state index contributed by atoms with van der Waals surface area (Å²) < 4.78 is 0. The molecule has 0 saturated heterocycles. The molecule has 1 rings (SSSR count). The van der Waals surface area contributed by atoms with Gasteiger partial charge in [-0.25, -0.2) is 0 Å². The van der Waals surface area contributed by atoms with E-state index in [-0.39, 0.29) is 0 Å². The van der Waals surface area contributed by atoms with Crippen molar-refractivity contribution in [3.8, 4) is 0 Å². The van der Waals surface area contributed by atoms with Crippen molar-refractivity contribution in [2.75, 3.05) is 0 Å². The van der Waals surface area contributed by atoms with Crippen LogP contribution in [0.4, 0.5) is 0 Å². The molecule has 1 atom stereocenters. The molecule has 0 saturated carbocycles. The number of nitrogens with two attached hydrogens (primary N) is 1. The smallest absolute Gasteiger partial charge is 0.0226 e. The van der Waals surface area contributed by atoms with Crippen molar-refractivity contribution in [2.24, 2.45) is 5.73 Å². The lowest BCUT2D eigenvalue weighted by Crippen LogP contribution is -2.15. The van der Waals surface area contributed by atoms with Gasteiger partial charge >= 0.3 is 0 Å². The minimum Gasteiger partial charge on any atom is -0.324 e. The summed E-state index contributed by atoms with van der Waals surface area (Å²) in [6, 6.07) is 0.345. The van der Waals surface area contributed by atoms with E-state index >= 15 is 0 Å². The standard InChI is InChI=1S/C15H29N/c1-2-3-4-5-6-7-10-14-11-8-9-12-15(16)13-14/h13,15H,2-12,16H2,1H3. The summed E-state index contributed by atoms with van der Waals surface area (Å²) in [5.41, 5.74) is 7.66. The van der Waals surface area contributed by atoms with Crippen LogP contribution in [0.1, 0.15) is 77.6 Å². The molecule has 0 radical (unpaired) electrons. The molecule has 0 spiro atoms. The quantitative estimate of drug-likeness (QED) is 0.497. The summed E-state index contributed by atoms with van der Waals surface area (Å²) in [7, 11) is 0. The summed E-state index contributed by atoms with van der Waals surface area (Å²) in [4.78, 5) is 0. The fourth-order valence-corrected chi connectivity index (χ4v) is 2.54. The average Bonchev–Trinajstić information content (AvgIpc) is 2.48. The normalized spacial score (nSPS) is 21.6. The highest BCUT2D eigenvalue weighted by molar-refractivity contribution is 5.08. The monoisotopic (exact) mass is 223 g/mol. The topological polar surface area (TPSA) is 26.0 Å². The third-order valence-electron chi connectivity index (χ3n) is 3.59. The van der Waals surface area contributed by atoms with Gasteiger partial charge in [-0.15, -0.1) is 0 Å². The molecule has 0 fully saturated rings. The van der Waals surface area contributed by atoms with Gasteiger partial charge in [0.2, 0.25) is 0 Å². The van der Waals surface area contributed by atoms with Crippen molar-refractivity contribution >= 4 is 0 Å². The van der Waals surface area contributed by atoms with E-state index < -0.39 is 0 Å². The fourth-order valence-electron chi connectivity index (χ4n) is 2.54. The zero-order valence-electron chi connectivity index (χ0n) is 11.0. The van der Waals surface area contributed by atoms with Gasteiger partial charge in [-0.2, -0.15) is 0 Å². The minimum atomic E-state index is 0.345. The van der Waals surface area contributed by atoms with Crippen LogP contribution < -0.4 is 5.73 Å². The second kappa shape index (κ2) is 8.81. The highest BCUT2D eigenvalue weighted by Crippen LogP contribution is 2.21. The molecule has 2 N–H and O–H groups in total. The van der Waals surface area contributed by atoms with Gasteiger partial charge in [0.1, 0.15) is 0 Å².